The van der Waals surface area contributed by atoms with Gasteiger partial charge in [0.1, 0.15) is 5.82 Å². The van der Waals surface area contributed by atoms with Crippen molar-refractivity contribution in [1.82, 2.24) is 19.7 Å². The summed E-state index contributed by atoms with van der Waals surface area (Å²) in [6, 6.07) is 11.1. The number of amides is 1. The lowest BCUT2D eigenvalue weighted by Crippen LogP contribution is -2.14. The van der Waals surface area contributed by atoms with E-state index in [9.17, 15) is 13.6 Å². The summed E-state index contributed by atoms with van der Waals surface area (Å²) in [5.41, 5.74) is 2.96. The first-order chi connectivity index (χ1) is 16.3. The molecule has 0 bridgehead atoms. The van der Waals surface area contributed by atoms with E-state index < -0.39 is 17.7 Å². The summed E-state index contributed by atoms with van der Waals surface area (Å²) in [4.78, 5) is 16.9. The highest BCUT2D eigenvalue weighted by Gasteiger charge is 2.20. The second-order valence-corrected chi connectivity index (χ2v) is 9.28. The van der Waals surface area contributed by atoms with Crippen LogP contribution >= 0.6 is 23.1 Å². The zero-order valence-corrected chi connectivity index (χ0v) is 20.2. The van der Waals surface area contributed by atoms with E-state index in [0.29, 0.717) is 16.1 Å². The van der Waals surface area contributed by atoms with Crippen molar-refractivity contribution >= 4 is 34.1 Å². The minimum absolute atomic E-state index is 0.0843. The standard InChI is InChI=1S/C23H21F2N5O2S2/c1-13-4-6-15(7-5-13)18-11-33-22(26-18)27-20(31)12-34-23-29-28-21(30(23)3)14(2)32-19-9-8-16(24)10-17(19)25/h4-11,14H,12H2,1-3H3,(H,26,27,31). The molecular formula is C23H21F2N5O2S2. The lowest BCUT2D eigenvalue weighted by atomic mass is 10.1. The van der Waals surface area contributed by atoms with Crippen LogP contribution in [0.15, 0.2) is 53.0 Å². The topological polar surface area (TPSA) is 81.9 Å². The molecule has 0 spiro atoms. The Kier molecular flexibility index (Phi) is 7.23. The van der Waals surface area contributed by atoms with Gasteiger partial charge in [-0.25, -0.2) is 13.8 Å². The molecule has 0 saturated carbocycles. The predicted molar refractivity (Wildman–Crippen MR) is 128 cm³/mol. The fourth-order valence-corrected chi connectivity index (χ4v) is 4.55. The molecule has 2 aromatic heterocycles. The molecule has 0 radical (unpaired) electrons. The second kappa shape index (κ2) is 10.3. The first-order valence-corrected chi connectivity index (χ1v) is 12.1. The van der Waals surface area contributed by atoms with Crippen molar-refractivity contribution in [1.29, 1.82) is 0 Å². The van der Waals surface area contributed by atoms with Gasteiger partial charge in [-0.3, -0.25) is 4.79 Å². The summed E-state index contributed by atoms with van der Waals surface area (Å²) >= 11 is 2.56. The van der Waals surface area contributed by atoms with Gasteiger partial charge >= 0.3 is 0 Å². The number of benzene rings is 2. The minimum Gasteiger partial charge on any atom is -0.480 e. The number of hydrogen-bond acceptors (Lipinski definition) is 7. The molecule has 1 N–H and O–H groups in total. The number of nitrogens with zero attached hydrogens (tertiary/aromatic N) is 4. The average Bonchev–Trinajstić information content (AvgIpc) is 3.41. The van der Waals surface area contributed by atoms with Gasteiger partial charge in [-0.2, -0.15) is 0 Å². The normalized spacial score (nSPS) is 11.9. The third kappa shape index (κ3) is 5.60. The second-order valence-electron chi connectivity index (χ2n) is 7.48. The molecular weight excluding hydrogens is 480 g/mol. The maximum atomic E-state index is 13.9. The molecule has 0 fully saturated rings. The summed E-state index contributed by atoms with van der Waals surface area (Å²) < 4.78 is 34.2. The maximum Gasteiger partial charge on any atom is 0.236 e. The summed E-state index contributed by atoms with van der Waals surface area (Å²) in [5, 5.41) is 13.9. The zero-order chi connectivity index (χ0) is 24.2. The van der Waals surface area contributed by atoms with E-state index in [4.69, 9.17) is 4.74 Å². The van der Waals surface area contributed by atoms with Gasteiger partial charge in [0.05, 0.1) is 11.4 Å². The SMILES string of the molecule is Cc1ccc(-c2csc(NC(=O)CSc3nnc(C(C)Oc4ccc(F)cc4F)n3C)n2)cc1. The summed E-state index contributed by atoms with van der Waals surface area (Å²) in [5.74, 6) is -1.25. The molecule has 7 nitrogen and oxygen atoms in total. The molecule has 1 atom stereocenters. The monoisotopic (exact) mass is 501 g/mol. The molecule has 11 heteroatoms. The van der Waals surface area contributed by atoms with Gasteiger partial charge in [0.15, 0.2) is 33.8 Å². The Morgan fingerprint density at radius 1 is 1.21 bits per heavy atom. The lowest BCUT2D eigenvalue weighted by molar-refractivity contribution is -0.113. The van der Waals surface area contributed by atoms with Crippen LogP contribution in [0.3, 0.4) is 0 Å². The Morgan fingerprint density at radius 2 is 1.97 bits per heavy atom. The van der Waals surface area contributed by atoms with Gasteiger partial charge in [-0.05, 0) is 26.0 Å². The minimum atomic E-state index is -0.798. The summed E-state index contributed by atoms with van der Waals surface area (Å²) in [6.45, 7) is 3.70. The lowest BCUT2D eigenvalue weighted by Gasteiger charge is -2.14. The molecule has 1 unspecified atom stereocenters. The number of thiazole rings is 1. The fraction of sp³-hybridized carbons (Fsp3) is 0.217. The van der Waals surface area contributed by atoms with Crippen molar-refractivity contribution in [3.63, 3.8) is 0 Å². The van der Waals surface area contributed by atoms with E-state index in [1.165, 1.54) is 34.7 Å². The first kappa shape index (κ1) is 23.8. The van der Waals surface area contributed by atoms with Crippen LogP contribution in [0, 0.1) is 18.6 Å². The van der Waals surface area contributed by atoms with Crippen molar-refractivity contribution in [3.8, 4) is 17.0 Å². The number of carbonyl (C=O) groups is 1. The number of aryl methyl sites for hydroxylation is 1. The predicted octanol–water partition coefficient (Wildman–Crippen LogP) is 5.40. The molecule has 0 aliphatic rings. The average molecular weight is 502 g/mol. The van der Waals surface area contributed by atoms with Crippen LogP contribution in [-0.2, 0) is 11.8 Å². The smallest absolute Gasteiger partial charge is 0.236 e. The van der Waals surface area contributed by atoms with Crippen LogP contribution in [0.1, 0.15) is 24.4 Å². The molecule has 4 rings (SSSR count). The van der Waals surface area contributed by atoms with E-state index in [-0.39, 0.29) is 17.4 Å². The number of aromatic nitrogens is 4. The molecule has 2 aromatic carbocycles. The first-order valence-electron chi connectivity index (χ1n) is 10.3. The number of ether oxygens (including phenoxy) is 1. The molecule has 4 aromatic rings. The highest BCUT2D eigenvalue weighted by molar-refractivity contribution is 7.99. The number of hydrogen-bond donors (Lipinski definition) is 1. The van der Waals surface area contributed by atoms with Crippen molar-refractivity contribution in [2.24, 2.45) is 7.05 Å². The fourth-order valence-electron chi connectivity index (χ4n) is 3.09. The molecule has 34 heavy (non-hydrogen) atoms. The van der Waals surface area contributed by atoms with Crippen molar-refractivity contribution in [2.75, 3.05) is 11.1 Å². The number of nitrogens with one attached hydrogen (secondary N) is 1. The molecule has 0 aliphatic heterocycles. The van der Waals surface area contributed by atoms with Crippen LogP contribution in [0.5, 0.6) is 5.75 Å². The number of carbonyl (C=O) groups excluding carboxylic acids is 1. The van der Waals surface area contributed by atoms with Gasteiger partial charge in [0.2, 0.25) is 5.91 Å². The number of halogens is 2. The molecule has 1 amide bonds. The Hall–Kier alpha value is -3.31. The van der Waals surface area contributed by atoms with Crippen LogP contribution in [0.4, 0.5) is 13.9 Å². The Labute approximate surface area is 203 Å². The highest BCUT2D eigenvalue weighted by Crippen LogP contribution is 2.27. The Morgan fingerprint density at radius 3 is 2.71 bits per heavy atom. The van der Waals surface area contributed by atoms with Crippen LogP contribution in [0.2, 0.25) is 0 Å². The molecule has 2 heterocycles. The van der Waals surface area contributed by atoms with E-state index in [0.717, 1.165) is 23.4 Å². The molecule has 0 aliphatic carbocycles. The number of anilines is 1. The van der Waals surface area contributed by atoms with Crippen molar-refractivity contribution in [3.05, 3.63) is 70.9 Å². The number of thioether (sulfide) groups is 1. The third-order valence-electron chi connectivity index (χ3n) is 4.86. The largest absolute Gasteiger partial charge is 0.480 e. The Bertz CT molecular complexity index is 1310. The highest BCUT2D eigenvalue weighted by atomic mass is 32.2. The van der Waals surface area contributed by atoms with E-state index in [2.05, 4.69) is 20.5 Å². The van der Waals surface area contributed by atoms with Crippen molar-refractivity contribution < 1.29 is 18.3 Å². The quantitative estimate of drug-likeness (QED) is 0.326. The van der Waals surface area contributed by atoms with Crippen LogP contribution < -0.4 is 10.1 Å². The van der Waals surface area contributed by atoms with Crippen molar-refractivity contribution in [2.45, 2.75) is 25.1 Å². The van der Waals surface area contributed by atoms with Gasteiger partial charge in [0.25, 0.3) is 0 Å². The molecule has 176 valence electrons. The third-order valence-corrected chi connectivity index (χ3v) is 6.64. The van der Waals surface area contributed by atoms with Crippen LogP contribution in [-0.4, -0.2) is 31.4 Å². The maximum absolute atomic E-state index is 13.9. The summed E-state index contributed by atoms with van der Waals surface area (Å²) in [7, 11) is 1.73. The van der Waals surface area contributed by atoms with E-state index in [1.54, 1.807) is 18.5 Å². The van der Waals surface area contributed by atoms with E-state index >= 15 is 0 Å². The van der Waals surface area contributed by atoms with Gasteiger partial charge in [-0.1, -0.05) is 41.6 Å². The van der Waals surface area contributed by atoms with Crippen LogP contribution in [0.25, 0.3) is 11.3 Å². The Balaban J connectivity index is 1.33. The van der Waals surface area contributed by atoms with Gasteiger partial charge in [-0.15, -0.1) is 21.5 Å². The van der Waals surface area contributed by atoms with Gasteiger partial charge < -0.3 is 14.6 Å². The van der Waals surface area contributed by atoms with Gasteiger partial charge in [0, 0.05) is 24.1 Å². The number of rotatable bonds is 8. The summed E-state index contributed by atoms with van der Waals surface area (Å²) in [6.07, 6.45) is -0.642. The van der Waals surface area contributed by atoms with E-state index in [1.807, 2.05) is 36.6 Å². The zero-order valence-electron chi connectivity index (χ0n) is 18.6. The molecule has 0 saturated heterocycles.